The van der Waals surface area contributed by atoms with Crippen LogP contribution in [0.2, 0.25) is 0 Å². The molecule has 2 saturated carbocycles. The fourth-order valence-corrected chi connectivity index (χ4v) is 2.44. The summed E-state index contributed by atoms with van der Waals surface area (Å²) < 4.78 is 0. The van der Waals surface area contributed by atoms with E-state index < -0.39 is 0 Å². The largest absolute Gasteiger partial charge is 0.387 e. The van der Waals surface area contributed by atoms with Gasteiger partial charge in [-0.2, -0.15) is 0 Å². The van der Waals surface area contributed by atoms with E-state index in [-0.39, 0.29) is 0 Å². The number of hydrogen-bond donors (Lipinski definition) is 1. The second-order valence-electron chi connectivity index (χ2n) is 4.90. The van der Waals surface area contributed by atoms with E-state index in [9.17, 15) is 0 Å². The number of aliphatic imine (C=N–C) groups is 1. The standard InChI is InChI=1S/C12H22N2/c13-12(11-7-2-1-3-8-11)14-9-10-5-4-6-10/h10-11H,1-9H2,(H2,13,14). The summed E-state index contributed by atoms with van der Waals surface area (Å²) in [6.45, 7) is 1.00. The molecule has 2 rings (SSSR count). The lowest BCUT2D eigenvalue weighted by Gasteiger charge is -2.25. The maximum atomic E-state index is 6.03. The Labute approximate surface area is 87.0 Å². The van der Waals surface area contributed by atoms with Gasteiger partial charge in [-0.1, -0.05) is 25.7 Å². The second kappa shape index (κ2) is 4.81. The third-order valence-electron chi connectivity index (χ3n) is 3.78. The first-order chi connectivity index (χ1) is 6.86. The van der Waals surface area contributed by atoms with E-state index in [1.807, 2.05) is 0 Å². The molecule has 2 nitrogen and oxygen atoms in total. The molecule has 2 fully saturated rings. The van der Waals surface area contributed by atoms with Crippen molar-refractivity contribution in [2.75, 3.05) is 6.54 Å². The Kier molecular flexibility index (Phi) is 3.44. The van der Waals surface area contributed by atoms with Crippen molar-refractivity contribution >= 4 is 5.84 Å². The Morgan fingerprint density at radius 3 is 2.29 bits per heavy atom. The Hall–Kier alpha value is -0.530. The minimum Gasteiger partial charge on any atom is -0.387 e. The zero-order valence-corrected chi connectivity index (χ0v) is 9.04. The molecule has 14 heavy (non-hydrogen) atoms. The summed E-state index contributed by atoms with van der Waals surface area (Å²) in [6, 6.07) is 0. The Bertz CT molecular complexity index is 200. The van der Waals surface area contributed by atoms with E-state index in [0.717, 1.165) is 18.3 Å². The van der Waals surface area contributed by atoms with Gasteiger partial charge in [-0.3, -0.25) is 4.99 Å². The molecule has 0 aromatic heterocycles. The molecule has 0 bridgehead atoms. The van der Waals surface area contributed by atoms with Crippen molar-refractivity contribution in [2.45, 2.75) is 51.4 Å². The lowest BCUT2D eigenvalue weighted by Crippen LogP contribution is -2.27. The van der Waals surface area contributed by atoms with Gasteiger partial charge in [-0.15, -0.1) is 0 Å². The smallest absolute Gasteiger partial charge is 0.0968 e. The molecular weight excluding hydrogens is 172 g/mol. The van der Waals surface area contributed by atoms with Gasteiger partial charge in [0.25, 0.3) is 0 Å². The summed E-state index contributed by atoms with van der Waals surface area (Å²) in [5, 5.41) is 0. The summed E-state index contributed by atoms with van der Waals surface area (Å²) in [4.78, 5) is 4.56. The Balaban J connectivity index is 1.76. The number of amidine groups is 1. The lowest BCUT2D eigenvalue weighted by molar-refractivity contribution is 0.325. The molecule has 0 spiro atoms. The van der Waals surface area contributed by atoms with Gasteiger partial charge in [-0.25, -0.2) is 0 Å². The third kappa shape index (κ3) is 2.49. The molecule has 80 valence electrons. The van der Waals surface area contributed by atoms with Gasteiger partial charge in [0.1, 0.15) is 0 Å². The summed E-state index contributed by atoms with van der Waals surface area (Å²) >= 11 is 0. The molecule has 0 radical (unpaired) electrons. The molecule has 0 aliphatic heterocycles. The number of nitrogens with zero attached hydrogens (tertiary/aromatic N) is 1. The van der Waals surface area contributed by atoms with Crippen molar-refractivity contribution in [1.82, 2.24) is 0 Å². The van der Waals surface area contributed by atoms with E-state index in [2.05, 4.69) is 4.99 Å². The predicted octanol–water partition coefficient (Wildman–Crippen LogP) is 2.72. The van der Waals surface area contributed by atoms with E-state index in [4.69, 9.17) is 5.73 Å². The molecule has 0 amide bonds. The molecule has 0 aromatic carbocycles. The molecule has 0 atom stereocenters. The summed E-state index contributed by atoms with van der Waals surface area (Å²) in [5.41, 5.74) is 6.03. The average molecular weight is 194 g/mol. The topological polar surface area (TPSA) is 38.4 Å². The highest BCUT2D eigenvalue weighted by atomic mass is 14.9. The monoisotopic (exact) mass is 194 g/mol. The van der Waals surface area contributed by atoms with Crippen molar-refractivity contribution in [3.05, 3.63) is 0 Å². The van der Waals surface area contributed by atoms with Gasteiger partial charge < -0.3 is 5.73 Å². The fourth-order valence-electron chi connectivity index (χ4n) is 2.44. The third-order valence-corrected chi connectivity index (χ3v) is 3.78. The normalized spacial score (nSPS) is 26.1. The molecule has 0 unspecified atom stereocenters. The number of hydrogen-bond acceptors (Lipinski definition) is 1. The van der Waals surface area contributed by atoms with Crippen LogP contribution in [0.25, 0.3) is 0 Å². The van der Waals surface area contributed by atoms with Crippen molar-refractivity contribution in [3.8, 4) is 0 Å². The van der Waals surface area contributed by atoms with E-state index in [1.54, 1.807) is 0 Å². The van der Waals surface area contributed by atoms with Crippen molar-refractivity contribution < 1.29 is 0 Å². The van der Waals surface area contributed by atoms with Crippen LogP contribution in [0.4, 0.5) is 0 Å². The number of nitrogens with two attached hydrogens (primary N) is 1. The first-order valence-corrected chi connectivity index (χ1v) is 6.16. The quantitative estimate of drug-likeness (QED) is 0.544. The van der Waals surface area contributed by atoms with E-state index in [0.29, 0.717) is 5.92 Å². The van der Waals surface area contributed by atoms with Crippen LogP contribution in [0.3, 0.4) is 0 Å². The van der Waals surface area contributed by atoms with Gasteiger partial charge in [0.2, 0.25) is 0 Å². The Morgan fingerprint density at radius 1 is 1.00 bits per heavy atom. The van der Waals surface area contributed by atoms with Crippen LogP contribution in [0, 0.1) is 11.8 Å². The maximum absolute atomic E-state index is 6.03. The van der Waals surface area contributed by atoms with Gasteiger partial charge in [-0.05, 0) is 31.6 Å². The SMILES string of the molecule is NC(=NCC1CCC1)C1CCCCC1. The highest BCUT2D eigenvalue weighted by Gasteiger charge is 2.19. The summed E-state index contributed by atoms with van der Waals surface area (Å²) in [7, 11) is 0. The maximum Gasteiger partial charge on any atom is 0.0968 e. The van der Waals surface area contributed by atoms with Gasteiger partial charge in [0.15, 0.2) is 0 Å². The molecule has 2 N–H and O–H groups in total. The summed E-state index contributed by atoms with van der Waals surface area (Å²) in [5.74, 6) is 2.43. The lowest BCUT2D eigenvalue weighted by atomic mass is 9.85. The second-order valence-corrected chi connectivity index (χ2v) is 4.90. The Morgan fingerprint density at radius 2 is 1.71 bits per heavy atom. The summed E-state index contributed by atoms with van der Waals surface area (Å²) in [6.07, 6.45) is 10.8. The average Bonchev–Trinajstić information content (AvgIpc) is 2.16. The highest BCUT2D eigenvalue weighted by Crippen LogP contribution is 2.27. The van der Waals surface area contributed by atoms with Crippen molar-refractivity contribution in [1.29, 1.82) is 0 Å². The van der Waals surface area contributed by atoms with Gasteiger partial charge >= 0.3 is 0 Å². The molecule has 2 aliphatic carbocycles. The van der Waals surface area contributed by atoms with Gasteiger partial charge in [0.05, 0.1) is 5.84 Å². The van der Waals surface area contributed by atoms with E-state index >= 15 is 0 Å². The molecule has 0 saturated heterocycles. The minimum atomic E-state index is 0.615. The molecule has 0 aromatic rings. The molecule has 2 heteroatoms. The van der Waals surface area contributed by atoms with Crippen molar-refractivity contribution in [3.63, 3.8) is 0 Å². The first kappa shape index (κ1) is 10.0. The van der Waals surface area contributed by atoms with Gasteiger partial charge in [0, 0.05) is 12.5 Å². The van der Waals surface area contributed by atoms with Crippen LogP contribution in [0.1, 0.15) is 51.4 Å². The first-order valence-electron chi connectivity index (χ1n) is 6.16. The molecule has 2 aliphatic rings. The van der Waals surface area contributed by atoms with Crippen LogP contribution in [-0.4, -0.2) is 12.4 Å². The van der Waals surface area contributed by atoms with Crippen LogP contribution in [0.15, 0.2) is 4.99 Å². The fraction of sp³-hybridized carbons (Fsp3) is 0.917. The molecular formula is C12H22N2. The number of rotatable bonds is 3. The zero-order valence-electron chi connectivity index (χ0n) is 9.04. The van der Waals surface area contributed by atoms with Crippen LogP contribution >= 0.6 is 0 Å². The zero-order chi connectivity index (χ0) is 9.80. The highest BCUT2D eigenvalue weighted by molar-refractivity contribution is 5.82. The van der Waals surface area contributed by atoms with Crippen LogP contribution in [-0.2, 0) is 0 Å². The molecule has 0 heterocycles. The predicted molar refractivity (Wildman–Crippen MR) is 60.4 cm³/mol. The minimum absolute atomic E-state index is 0.615. The van der Waals surface area contributed by atoms with Crippen LogP contribution in [0.5, 0.6) is 0 Å². The van der Waals surface area contributed by atoms with Crippen LogP contribution < -0.4 is 5.73 Å². The van der Waals surface area contributed by atoms with Crippen molar-refractivity contribution in [2.24, 2.45) is 22.6 Å². The van der Waals surface area contributed by atoms with E-state index in [1.165, 1.54) is 51.4 Å².